The highest BCUT2D eigenvalue weighted by Gasteiger charge is 2.14. The highest BCUT2D eigenvalue weighted by Crippen LogP contribution is 2.28. The lowest BCUT2D eigenvalue weighted by atomic mass is 10.2. The van der Waals surface area contributed by atoms with Crippen LogP contribution in [-0.4, -0.2) is 7.11 Å². The van der Waals surface area contributed by atoms with Gasteiger partial charge in [0.1, 0.15) is 5.82 Å². The Morgan fingerprint density at radius 3 is 2.50 bits per heavy atom. The zero-order valence-corrected chi connectivity index (χ0v) is 8.78. The van der Waals surface area contributed by atoms with Crippen LogP contribution in [0, 0.1) is 22.1 Å². The Labute approximate surface area is 82.9 Å². The summed E-state index contributed by atoms with van der Waals surface area (Å²) in [6.45, 7) is 1.50. The van der Waals surface area contributed by atoms with E-state index in [0.717, 1.165) is 6.07 Å². The standard InChI is InChI=1S/C8H7F2IO/c1-4-3-5(9)7(11)8(12-2)6(4)10/h3H,1-2H3. The molecule has 4 heteroatoms. The first-order chi connectivity index (χ1) is 5.57. The molecule has 0 atom stereocenters. The second-order valence-electron chi connectivity index (χ2n) is 2.34. The minimum absolute atomic E-state index is 0.0203. The second kappa shape index (κ2) is 3.55. The Kier molecular flexibility index (Phi) is 2.87. The Morgan fingerprint density at radius 1 is 1.42 bits per heavy atom. The fourth-order valence-electron chi connectivity index (χ4n) is 0.880. The molecule has 1 rings (SSSR count). The van der Waals surface area contributed by atoms with Gasteiger partial charge in [0, 0.05) is 0 Å². The number of ether oxygens (including phenoxy) is 1. The summed E-state index contributed by atoms with van der Waals surface area (Å²) < 4.78 is 31.0. The van der Waals surface area contributed by atoms with Crippen molar-refractivity contribution in [3.63, 3.8) is 0 Å². The van der Waals surface area contributed by atoms with E-state index in [0.29, 0.717) is 0 Å². The number of methoxy groups -OCH3 is 1. The monoisotopic (exact) mass is 284 g/mol. The van der Waals surface area contributed by atoms with Crippen molar-refractivity contribution in [2.45, 2.75) is 6.92 Å². The van der Waals surface area contributed by atoms with Gasteiger partial charge in [-0.05, 0) is 41.1 Å². The van der Waals surface area contributed by atoms with Crippen LogP contribution in [-0.2, 0) is 0 Å². The van der Waals surface area contributed by atoms with E-state index in [2.05, 4.69) is 0 Å². The van der Waals surface area contributed by atoms with Gasteiger partial charge in [0.15, 0.2) is 11.6 Å². The van der Waals surface area contributed by atoms with Crippen LogP contribution >= 0.6 is 22.6 Å². The number of hydrogen-bond acceptors (Lipinski definition) is 1. The number of halogens is 3. The van der Waals surface area contributed by atoms with Crippen LogP contribution < -0.4 is 4.74 Å². The molecular formula is C8H7F2IO. The van der Waals surface area contributed by atoms with Gasteiger partial charge in [-0.15, -0.1) is 0 Å². The van der Waals surface area contributed by atoms with Gasteiger partial charge in [0.25, 0.3) is 0 Å². The molecule has 0 heterocycles. The van der Waals surface area contributed by atoms with Crippen molar-refractivity contribution in [1.29, 1.82) is 0 Å². The molecule has 0 aromatic heterocycles. The van der Waals surface area contributed by atoms with Crippen molar-refractivity contribution in [2.75, 3.05) is 7.11 Å². The van der Waals surface area contributed by atoms with E-state index in [1.807, 2.05) is 0 Å². The molecule has 0 N–H and O–H groups in total. The van der Waals surface area contributed by atoms with Crippen LogP contribution in [0.3, 0.4) is 0 Å². The van der Waals surface area contributed by atoms with Crippen molar-refractivity contribution in [1.82, 2.24) is 0 Å². The van der Waals surface area contributed by atoms with Gasteiger partial charge >= 0.3 is 0 Å². The highest BCUT2D eigenvalue weighted by molar-refractivity contribution is 14.1. The van der Waals surface area contributed by atoms with Crippen molar-refractivity contribution in [2.24, 2.45) is 0 Å². The number of rotatable bonds is 1. The molecule has 1 aromatic carbocycles. The van der Waals surface area contributed by atoms with Gasteiger partial charge < -0.3 is 4.74 Å². The maximum Gasteiger partial charge on any atom is 0.171 e. The van der Waals surface area contributed by atoms with E-state index in [1.54, 1.807) is 22.6 Å². The van der Waals surface area contributed by atoms with Gasteiger partial charge in [-0.3, -0.25) is 0 Å². The number of benzene rings is 1. The zero-order chi connectivity index (χ0) is 9.30. The minimum Gasteiger partial charge on any atom is -0.492 e. The average molecular weight is 284 g/mol. The molecule has 0 saturated carbocycles. The van der Waals surface area contributed by atoms with Crippen molar-refractivity contribution in [3.05, 3.63) is 26.8 Å². The van der Waals surface area contributed by atoms with Gasteiger partial charge in [0.05, 0.1) is 10.7 Å². The fraction of sp³-hybridized carbons (Fsp3) is 0.250. The van der Waals surface area contributed by atoms with Gasteiger partial charge in [-0.2, -0.15) is 0 Å². The first-order valence-corrected chi connectivity index (χ1v) is 4.34. The van der Waals surface area contributed by atoms with Crippen LogP contribution in [0.1, 0.15) is 5.56 Å². The van der Waals surface area contributed by atoms with E-state index < -0.39 is 11.6 Å². The molecule has 0 aliphatic rings. The molecular weight excluding hydrogens is 277 g/mol. The summed E-state index contributed by atoms with van der Waals surface area (Å²) in [6, 6.07) is 1.15. The largest absolute Gasteiger partial charge is 0.492 e. The third-order valence-corrected chi connectivity index (χ3v) is 2.51. The summed E-state index contributed by atoms with van der Waals surface area (Å²) in [5, 5.41) is 0. The van der Waals surface area contributed by atoms with Crippen LogP contribution in [0.4, 0.5) is 8.78 Å². The zero-order valence-electron chi connectivity index (χ0n) is 6.62. The van der Waals surface area contributed by atoms with Crippen LogP contribution in [0.2, 0.25) is 0 Å². The summed E-state index contributed by atoms with van der Waals surface area (Å²) in [5.41, 5.74) is 0.254. The molecule has 0 aliphatic carbocycles. The lowest BCUT2D eigenvalue weighted by molar-refractivity contribution is 0.377. The molecule has 0 aliphatic heterocycles. The van der Waals surface area contributed by atoms with Crippen LogP contribution in [0.25, 0.3) is 0 Å². The quantitative estimate of drug-likeness (QED) is 0.569. The maximum absolute atomic E-state index is 13.1. The Hall–Kier alpha value is -0.390. The first-order valence-electron chi connectivity index (χ1n) is 3.26. The van der Waals surface area contributed by atoms with Gasteiger partial charge in [-0.25, -0.2) is 8.78 Å². The molecule has 0 radical (unpaired) electrons. The molecule has 0 amide bonds. The summed E-state index contributed by atoms with van der Waals surface area (Å²) in [6.07, 6.45) is 0. The van der Waals surface area contributed by atoms with E-state index >= 15 is 0 Å². The Balaban J connectivity index is 3.42. The van der Waals surface area contributed by atoms with Gasteiger partial charge in [0.2, 0.25) is 0 Å². The van der Waals surface area contributed by atoms with Crippen LogP contribution in [0.15, 0.2) is 6.07 Å². The minimum atomic E-state index is -0.497. The first kappa shape index (κ1) is 9.70. The summed E-state index contributed by atoms with van der Waals surface area (Å²) in [5.74, 6) is -0.970. The normalized spacial score (nSPS) is 10.1. The van der Waals surface area contributed by atoms with Gasteiger partial charge in [-0.1, -0.05) is 0 Å². The summed E-state index contributed by atoms with van der Waals surface area (Å²) >= 11 is 1.71. The third kappa shape index (κ3) is 1.53. The molecule has 12 heavy (non-hydrogen) atoms. The molecule has 0 bridgehead atoms. The Morgan fingerprint density at radius 2 is 2.00 bits per heavy atom. The third-order valence-electron chi connectivity index (χ3n) is 1.50. The topological polar surface area (TPSA) is 9.23 Å². The highest BCUT2D eigenvalue weighted by atomic mass is 127. The molecule has 1 nitrogen and oxygen atoms in total. The molecule has 66 valence electrons. The van der Waals surface area contributed by atoms with E-state index in [-0.39, 0.29) is 14.9 Å². The van der Waals surface area contributed by atoms with Crippen molar-refractivity contribution in [3.8, 4) is 5.75 Å². The molecule has 0 fully saturated rings. The molecule has 1 aromatic rings. The predicted octanol–water partition coefficient (Wildman–Crippen LogP) is 2.89. The second-order valence-corrected chi connectivity index (χ2v) is 3.42. The smallest absolute Gasteiger partial charge is 0.171 e. The number of hydrogen-bond donors (Lipinski definition) is 0. The SMILES string of the molecule is COc1c(F)c(C)cc(F)c1I. The predicted molar refractivity (Wildman–Crippen MR) is 50.4 cm³/mol. The summed E-state index contributed by atoms with van der Waals surface area (Å²) in [7, 11) is 1.32. The van der Waals surface area contributed by atoms with Crippen LogP contribution in [0.5, 0.6) is 5.75 Å². The van der Waals surface area contributed by atoms with Crippen molar-refractivity contribution >= 4 is 22.6 Å². The lowest BCUT2D eigenvalue weighted by Gasteiger charge is -2.07. The van der Waals surface area contributed by atoms with E-state index in [4.69, 9.17) is 4.74 Å². The van der Waals surface area contributed by atoms with E-state index in [9.17, 15) is 8.78 Å². The maximum atomic E-state index is 13.1. The lowest BCUT2D eigenvalue weighted by Crippen LogP contribution is -1.97. The van der Waals surface area contributed by atoms with Crippen molar-refractivity contribution < 1.29 is 13.5 Å². The Bertz CT molecular complexity index is 286. The molecule has 0 unspecified atom stereocenters. The average Bonchev–Trinajstić information content (AvgIpc) is 2.02. The summed E-state index contributed by atoms with van der Waals surface area (Å²) in [4.78, 5) is 0. The molecule has 0 spiro atoms. The number of aryl methyl sites for hydroxylation is 1. The van der Waals surface area contributed by atoms with E-state index in [1.165, 1.54) is 14.0 Å². The fourth-order valence-corrected chi connectivity index (χ4v) is 1.49. The molecule has 0 saturated heterocycles.